The van der Waals surface area contributed by atoms with E-state index < -0.39 is 0 Å². The number of carbonyl (C=O) groups is 1. The van der Waals surface area contributed by atoms with Crippen LogP contribution in [0, 0.1) is 5.82 Å². The van der Waals surface area contributed by atoms with E-state index in [0.29, 0.717) is 5.69 Å². The Morgan fingerprint density at radius 3 is 2.34 bits per heavy atom. The van der Waals surface area contributed by atoms with E-state index in [0.717, 1.165) is 48.5 Å². The van der Waals surface area contributed by atoms with Gasteiger partial charge in [-0.1, -0.05) is 11.8 Å². The lowest BCUT2D eigenvalue weighted by molar-refractivity contribution is -0.113. The van der Waals surface area contributed by atoms with Crippen molar-refractivity contribution in [1.29, 1.82) is 0 Å². The molecule has 1 amide bonds. The number of anilines is 3. The van der Waals surface area contributed by atoms with Gasteiger partial charge in [-0.3, -0.25) is 4.79 Å². The highest BCUT2D eigenvalue weighted by atomic mass is 32.2. The summed E-state index contributed by atoms with van der Waals surface area (Å²) in [6.07, 6.45) is 3.31. The third-order valence-corrected chi connectivity index (χ3v) is 6.10. The number of nitrogens with zero attached hydrogens (tertiary/aromatic N) is 4. The monoisotopic (exact) mass is 453 g/mol. The smallest absolute Gasteiger partial charge is 0.234 e. The summed E-state index contributed by atoms with van der Waals surface area (Å²) in [4.78, 5) is 25.8. The van der Waals surface area contributed by atoms with E-state index in [9.17, 15) is 9.18 Å². The summed E-state index contributed by atoms with van der Waals surface area (Å²) in [6, 6.07) is 13.8. The third kappa shape index (κ3) is 5.47. The van der Waals surface area contributed by atoms with E-state index in [2.05, 4.69) is 37.2 Å². The summed E-state index contributed by atoms with van der Waals surface area (Å²) in [6.45, 7) is 3.33. The highest BCUT2D eigenvalue weighted by molar-refractivity contribution is 8.00. The normalized spacial score (nSPS) is 13.7. The summed E-state index contributed by atoms with van der Waals surface area (Å²) >= 11 is 1.34. The molecule has 0 radical (unpaired) electrons. The molecular formula is C23H24FN5O2S. The van der Waals surface area contributed by atoms with E-state index in [1.807, 2.05) is 12.1 Å². The number of rotatable bonds is 7. The van der Waals surface area contributed by atoms with Gasteiger partial charge in [-0.15, -0.1) is 0 Å². The minimum absolute atomic E-state index is 0.178. The minimum atomic E-state index is -0.339. The molecule has 0 spiro atoms. The predicted octanol–water partition coefficient (Wildman–Crippen LogP) is 3.68. The number of aromatic nitrogens is 2. The Bertz CT molecular complexity index is 1040. The zero-order valence-corrected chi connectivity index (χ0v) is 18.5. The molecule has 0 saturated carbocycles. The lowest BCUT2D eigenvalue weighted by atomic mass is 10.2. The average Bonchev–Trinajstić information content (AvgIpc) is 2.84. The molecule has 2 aromatic carbocycles. The topological polar surface area (TPSA) is 70.6 Å². The Morgan fingerprint density at radius 2 is 1.66 bits per heavy atom. The number of thioether (sulfide) groups is 1. The van der Waals surface area contributed by atoms with Crippen LogP contribution in [0.15, 0.2) is 66.0 Å². The fourth-order valence-electron chi connectivity index (χ4n) is 3.47. The van der Waals surface area contributed by atoms with E-state index >= 15 is 0 Å². The van der Waals surface area contributed by atoms with Gasteiger partial charge in [0.05, 0.1) is 12.9 Å². The number of amides is 1. The molecule has 1 aromatic heterocycles. The average molecular weight is 454 g/mol. The van der Waals surface area contributed by atoms with Crippen LogP contribution in [0.5, 0.6) is 5.75 Å². The highest BCUT2D eigenvalue weighted by Gasteiger charge is 2.21. The van der Waals surface area contributed by atoms with Gasteiger partial charge in [0.25, 0.3) is 0 Å². The molecule has 2 heterocycles. The molecule has 0 aliphatic carbocycles. The number of piperazine rings is 1. The minimum Gasteiger partial charge on any atom is -0.497 e. The maximum atomic E-state index is 13.0. The molecule has 9 heteroatoms. The Kier molecular flexibility index (Phi) is 7.06. The van der Waals surface area contributed by atoms with Crippen LogP contribution in [0.4, 0.5) is 21.6 Å². The van der Waals surface area contributed by atoms with Gasteiger partial charge in [-0.2, -0.15) is 0 Å². The fraction of sp³-hybridized carbons (Fsp3) is 0.261. The zero-order valence-electron chi connectivity index (χ0n) is 17.7. The van der Waals surface area contributed by atoms with Gasteiger partial charge in [-0.25, -0.2) is 14.4 Å². The third-order valence-electron chi connectivity index (χ3n) is 5.13. The predicted molar refractivity (Wildman–Crippen MR) is 125 cm³/mol. The van der Waals surface area contributed by atoms with Crippen molar-refractivity contribution in [3.8, 4) is 5.75 Å². The van der Waals surface area contributed by atoms with Gasteiger partial charge >= 0.3 is 0 Å². The molecule has 7 nitrogen and oxygen atoms in total. The number of methoxy groups -OCH3 is 1. The number of halogens is 1. The molecular weight excluding hydrogens is 429 g/mol. The van der Waals surface area contributed by atoms with Crippen LogP contribution < -0.4 is 19.9 Å². The molecule has 1 saturated heterocycles. The summed E-state index contributed by atoms with van der Waals surface area (Å²) in [7, 11) is 1.66. The summed E-state index contributed by atoms with van der Waals surface area (Å²) in [5.41, 5.74) is 1.72. The molecule has 1 aliphatic heterocycles. The van der Waals surface area contributed by atoms with Crippen molar-refractivity contribution in [3.05, 3.63) is 66.7 Å². The Hall–Kier alpha value is -3.33. The van der Waals surface area contributed by atoms with Crippen LogP contribution in [0.25, 0.3) is 0 Å². The lowest BCUT2D eigenvalue weighted by Crippen LogP contribution is -2.47. The number of hydrogen-bond acceptors (Lipinski definition) is 7. The maximum Gasteiger partial charge on any atom is 0.234 e. The SMILES string of the molecule is COc1ccc(N2CCN(c3nccnc3SCC(=O)Nc3ccc(F)cc3)CC2)cc1. The van der Waals surface area contributed by atoms with E-state index in [1.165, 1.54) is 36.0 Å². The summed E-state index contributed by atoms with van der Waals surface area (Å²) in [5, 5.41) is 3.49. The van der Waals surface area contributed by atoms with Crippen LogP contribution in [0.1, 0.15) is 0 Å². The first-order valence-corrected chi connectivity index (χ1v) is 11.2. The van der Waals surface area contributed by atoms with Gasteiger partial charge < -0.3 is 19.9 Å². The number of benzene rings is 2. The first-order chi connectivity index (χ1) is 15.6. The second-order valence-corrected chi connectivity index (χ2v) is 8.17. The van der Waals surface area contributed by atoms with E-state index in [1.54, 1.807) is 19.5 Å². The van der Waals surface area contributed by atoms with Crippen molar-refractivity contribution in [3.63, 3.8) is 0 Å². The molecule has 0 atom stereocenters. The van der Waals surface area contributed by atoms with Crippen molar-refractivity contribution in [2.75, 3.05) is 54.2 Å². The van der Waals surface area contributed by atoms with Gasteiger partial charge in [0.2, 0.25) is 5.91 Å². The number of carbonyl (C=O) groups excluding carboxylic acids is 1. The first kappa shape index (κ1) is 21.9. The number of ether oxygens (including phenoxy) is 1. The highest BCUT2D eigenvalue weighted by Crippen LogP contribution is 2.28. The molecule has 166 valence electrons. The standard InChI is InChI=1S/C23H24FN5O2S/c1-31-20-8-6-19(7-9-20)28-12-14-29(15-13-28)22-23(26-11-10-25-22)32-16-21(30)27-18-4-2-17(24)3-5-18/h2-11H,12-16H2,1H3,(H,27,30). The number of nitrogens with one attached hydrogen (secondary N) is 1. The van der Waals surface area contributed by atoms with Gasteiger partial charge in [0.15, 0.2) is 5.82 Å². The maximum absolute atomic E-state index is 13.0. The molecule has 3 aromatic rings. The molecule has 32 heavy (non-hydrogen) atoms. The van der Waals surface area contributed by atoms with Crippen molar-refractivity contribution in [2.24, 2.45) is 0 Å². The summed E-state index contributed by atoms with van der Waals surface area (Å²) in [5.74, 6) is 1.31. The van der Waals surface area contributed by atoms with Gasteiger partial charge in [0.1, 0.15) is 16.6 Å². The lowest BCUT2D eigenvalue weighted by Gasteiger charge is -2.37. The molecule has 1 fully saturated rings. The van der Waals surface area contributed by atoms with Crippen molar-refractivity contribution in [2.45, 2.75) is 5.03 Å². The zero-order chi connectivity index (χ0) is 22.3. The van der Waals surface area contributed by atoms with Crippen LogP contribution in [-0.4, -0.2) is 54.9 Å². The van der Waals surface area contributed by atoms with Crippen LogP contribution in [0.3, 0.4) is 0 Å². The quantitative estimate of drug-likeness (QED) is 0.547. The molecule has 1 N–H and O–H groups in total. The second kappa shape index (κ2) is 10.3. The van der Waals surface area contributed by atoms with Gasteiger partial charge in [0, 0.05) is 49.9 Å². The molecule has 4 rings (SSSR count). The summed E-state index contributed by atoms with van der Waals surface area (Å²) < 4.78 is 18.3. The second-order valence-electron chi connectivity index (χ2n) is 7.20. The van der Waals surface area contributed by atoms with Crippen LogP contribution >= 0.6 is 11.8 Å². The van der Waals surface area contributed by atoms with Crippen molar-refractivity contribution < 1.29 is 13.9 Å². The molecule has 0 unspecified atom stereocenters. The fourth-order valence-corrected chi connectivity index (χ4v) is 4.26. The van der Waals surface area contributed by atoms with Crippen LogP contribution in [-0.2, 0) is 4.79 Å². The Labute approximate surface area is 190 Å². The number of hydrogen-bond donors (Lipinski definition) is 1. The first-order valence-electron chi connectivity index (χ1n) is 10.3. The van der Waals surface area contributed by atoms with E-state index in [-0.39, 0.29) is 17.5 Å². The molecule has 0 bridgehead atoms. The Morgan fingerprint density at radius 1 is 1.00 bits per heavy atom. The van der Waals surface area contributed by atoms with Crippen molar-refractivity contribution in [1.82, 2.24) is 9.97 Å². The largest absolute Gasteiger partial charge is 0.497 e. The van der Waals surface area contributed by atoms with Crippen LogP contribution in [0.2, 0.25) is 0 Å². The molecule has 1 aliphatic rings. The van der Waals surface area contributed by atoms with Gasteiger partial charge in [-0.05, 0) is 48.5 Å². The van der Waals surface area contributed by atoms with Crippen molar-refractivity contribution >= 4 is 34.9 Å². The Balaban J connectivity index is 1.34. The van der Waals surface area contributed by atoms with E-state index in [4.69, 9.17) is 4.74 Å².